The highest BCUT2D eigenvalue weighted by molar-refractivity contribution is 9.10. The molecule has 0 atom stereocenters. The van der Waals surface area contributed by atoms with Crippen LogP contribution < -0.4 is 0 Å². The lowest BCUT2D eigenvalue weighted by Crippen LogP contribution is -2.09. The van der Waals surface area contributed by atoms with Gasteiger partial charge in [0.1, 0.15) is 0 Å². The van der Waals surface area contributed by atoms with Gasteiger partial charge >= 0.3 is 0 Å². The molecule has 0 N–H and O–H groups in total. The van der Waals surface area contributed by atoms with Gasteiger partial charge in [0, 0.05) is 6.54 Å². The summed E-state index contributed by atoms with van der Waals surface area (Å²) in [6.45, 7) is 4.89. The monoisotopic (exact) mass is 326 g/mol. The van der Waals surface area contributed by atoms with Crippen LogP contribution in [-0.4, -0.2) is 15.6 Å². The predicted octanol–water partition coefficient (Wildman–Crippen LogP) is 3.71. The van der Waals surface area contributed by atoms with E-state index in [0.29, 0.717) is 6.42 Å². The van der Waals surface area contributed by atoms with E-state index in [2.05, 4.69) is 28.0 Å². The summed E-state index contributed by atoms with van der Waals surface area (Å²) in [5.74, 6) is 0.156. The normalized spacial score (nSPS) is 10.8. The number of halogens is 1. The van der Waals surface area contributed by atoms with Crippen LogP contribution in [0.2, 0.25) is 0 Å². The molecular weight excluding hydrogens is 312 g/mol. The number of ketones is 1. The van der Waals surface area contributed by atoms with E-state index in [1.807, 2.05) is 29.1 Å². The Labute approximate surface area is 119 Å². The summed E-state index contributed by atoms with van der Waals surface area (Å²) >= 11 is 5.05. The molecule has 0 saturated heterocycles. The number of carbonyl (C=O) groups excluding carboxylic acids is 1. The third kappa shape index (κ3) is 2.57. The number of thiophene rings is 1. The first-order valence-electron chi connectivity index (χ1n) is 5.98. The number of Topliss-reactive ketones (excluding diaryl/α,β-unsaturated/α-hetero) is 1. The highest BCUT2D eigenvalue weighted by Gasteiger charge is 2.18. The maximum Gasteiger partial charge on any atom is 0.178 e. The first-order valence-corrected chi connectivity index (χ1v) is 7.65. The number of aryl methyl sites for hydroxylation is 2. The van der Waals surface area contributed by atoms with Gasteiger partial charge in [-0.25, -0.2) is 0 Å². The van der Waals surface area contributed by atoms with Gasteiger partial charge < -0.3 is 0 Å². The van der Waals surface area contributed by atoms with Crippen molar-refractivity contribution in [3.63, 3.8) is 0 Å². The molecule has 0 aliphatic heterocycles. The molecule has 0 aromatic carbocycles. The highest BCUT2D eigenvalue weighted by atomic mass is 79.9. The Morgan fingerprint density at radius 3 is 2.83 bits per heavy atom. The second-order valence-electron chi connectivity index (χ2n) is 3.95. The molecular formula is C13H15BrN2OS. The van der Waals surface area contributed by atoms with Crippen LogP contribution in [0, 0.1) is 0 Å². The summed E-state index contributed by atoms with van der Waals surface area (Å²) in [7, 11) is 0. The number of hydrogen-bond donors (Lipinski definition) is 0. The van der Waals surface area contributed by atoms with E-state index in [0.717, 1.165) is 33.7 Å². The van der Waals surface area contributed by atoms with Gasteiger partial charge in [-0.1, -0.05) is 13.0 Å². The predicted molar refractivity (Wildman–Crippen MR) is 77.3 cm³/mol. The van der Waals surface area contributed by atoms with E-state index in [-0.39, 0.29) is 5.78 Å². The average Bonchev–Trinajstić information content (AvgIpc) is 2.99. The van der Waals surface area contributed by atoms with Crippen LogP contribution in [0.25, 0.3) is 0 Å². The van der Waals surface area contributed by atoms with Crippen LogP contribution in [0.1, 0.15) is 34.9 Å². The molecule has 5 heteroatoms. The average molecular weight is 327 g/mol. The molecule has 0 spiro atoms. The Hall–Kier alpha value is -0.940. The van der Waals surface area contributed by atoms with Crippen LogP contribution in [-0.2, 0) is 19.4 Å². The van der Waals surface area contributed by atoms with Crippen molar-refractivity contribution in [1.29, 1.82) is 0 Å². The minimum absolute atomic E-state index is 0.156. The van der Waals surface area contributed by atoms with Gasteiger partial charge in [0.2, 0.25) is 0 Å². The lowest BCUT2D eigenvalue weighted by Gasteiger charge is -2.03. The largest absolute Gasteiger partial charge is 0.293 e. The van der Waals surface area contributed by atoms with Crippen LogP contribution >= 0.6 is 27.3 Å². The van der Waals surface area contributed by atoms with Gasteiger partial charge in [0.15, 0.2) is 5.78 Å². The Kier molecular flexibility index (Phi) is 4.35. The molecule has 3 nitrogen and oxygen atoms in total. The van der Waals surface area contributed by atoms with Crippen molar-refractivity contribution in [2.24, 2.45) is 0 Å². The summed E-state index contributed by atoms with van der Waals surface area (Å²) in [5, 5.41) is 6.43. The third-order valence-electron chi connectivity index (χ3n) is 2.82. The van der Waals surface area contributed by atoms with Crippen molar-refractivity contribution in [2.45, 2.75) is 33.2 Å². The van der Waals surface area contributed by atoms with Crippen LogP contribution in [0.15, 0.2) is 22.0 Å². The molecule has 0 radical (unpaired) electrons. The van der Waals surface area contributed by atoms with Gasteiger partial charge in [0.05, 0.1) is 27.2 Å². The zero-order valence-electron chi connectivity index (χ0n) is 10.4. The molecule has 0 saturated carbocycles. The summed E-state index contributed by atoms with van der Waals surface area (Å²) in [4.78, 5) is 13.0. The zero-order chi connectivity index (χ0) is 13.1. The molecule has 0 bridgehead atoms. The molecule has 0 fully saturated rings. The fraction of sp³-hybridized carbons (Fsp3) is 0.385. The second kappa shape index (κ2) is 5.80. The highest BCUT2D eigenvalue weighted by Crippen LogP contribution is 2.24. The number of nitrogens with zero attached hydrogens (tertiary/aromatic N) is 2. The van der Waals surface area contributed by atoms with Gasteiger partial charge in [-0.3, -0.25) is 9.48 Å². The van der Waals surface area contributed by atoms with Gasteiger partial charge in [-0.2, -0.15) is 5.10 Å². The first-order chi connectivity index (χ1) is 8.67. The van der Waals surface area contributed by atoms with Crippen molar-refractivity contribution in [1.82, 2.24) is 9.78 Å². The smallest absolute Gasteiger partial charge is 0.178 e. The molecule has 0 unspecified atom stereocenters. The number of aromatic nitrogens is 2. The lowest BCUT2D eigenvalue weighted by molar-refractivity contribution is 0.0994. The summed E-state index contributed by atoms with van der Waals surface area (Å²) < 4.78 is 2.89. The van der Waals surface area contributed by atoms with E-state index < -0.39 is 0 Å². The van der Waals surface area contributed by atoms with Gasteiger partial charge in [-0.15, -0.1) is 11.3 Å². The van der Waals surface area contributed by atoms with Crippen LogP contribution in [0.3, 0.4) is 0 Å². The Morgan fingerprint density at radius 2 is 2.28 bits per heavy atom. The third-order valence-corrected chi connectivity index (χ3v) is 4.64. The van der Waals surface area contributed by atoms with E-state index in [9.17, 15) is 4.79 Å². The maximum absolute atomic E-state index is 12.1. The zero-order valence-corrected chi connectivity index (χ0v) is 12.8. The minimum Gasteiger partial charge on any atom is -0.293 e. The van der Waals surface area contributed by atoms with Crippen molar-refractivity contribution in [3.8, 4) is 0 Å². The Bertz CT molecular complexity index is 546. The van der Waals surface area contributed by atoms with Crippen molar-refractivity contribution < 1.29 is 4.79 Å². The topological polar surface area (TPSA) is 34.9 Å². The molecule has 2 aromatic rings. The number of carbonyl (C=O) groups is 1. The molecule has 0 amide bonds. The summed E-state index contributed by atoms with van der Waals surface area (Å²) in [5.41, 5.74) is 2.00. The van der Waals surface area contributed by atoms with E-state index in [4.69, 9.17) is 0 Å². The quantitative estimate of drug-likeness (QED) is 0.785. The fourth-order valence-corrected chi connectivity index (χ4v) is 3.23. The van der Waals surface area contributed by atoms with Crippen molar-refractivity contribution in [3.05, 3.63) is 38.3 Å². The van der Waals surface area contributed by atoms with Crippen molar-refractivity contribution >= 4 is 33.0 Å². The first kappa shape index (κ1) is 13.5. The summed E-state index contributed by atoms with van der Waals surface area (Å²) in [6, 6.07) is 3.77. The molecule has 0 aliphatic rings. The molecule has 0 aliphatic carbocycles. The Balaban J connectivity index is 2.28. The second-order valence-corrected chi connectivity index (χ2v) is 5.69. The van der Waals surface area contributed by atoms with Gasteiger partial charge in [0.25, 0.3) is 0 Å². The van der Waals surface area contributed by atoms with E-state index in [1.54, 1.807) is 0 Å². The molecule has 96 valence electrons. The van der Waals surface area contributed by atoms with Gasteiger partial charge in [-0.05, 0) is 40.7 Å². The molecule has 18 heavy (non-hydrogen) atoms. The number of hydrogen-bond acceptors (Lipinski definition) is 3. The Morgan fingerprint density at radius 1 is 1.50 bits per heavy atom. The maximum atomic E-state index is 12.1. The van der Waals surface area contributed by atoms with E-state index >= 15 is 0 Å². The SMILES string of the molecule is CCc1nn(CC)c(CC(=O)c2cccs2)c1Br. The molecule has 2 heterocycles. The fourth-order valence-electron chi connectivity index (χ4n) is 1.86. The standard InChI is InChI=1S/C13H15BrN2OS/c1-3-9-13(14)10(16(4-2)15-9)8-11(17)12-6-5-7-18-12/h5-7H,3-4,8H2,1-2H3. The molecule has 2 aromatic heterocycles. The molecule has 2 rings (SSSR count). The lowest BCUT2D eigenvalue weighted by atomic mass is 10.1. The summed E-state index contributed by atoms with van der Waals surface area (Å²) in [6.07, 6.45) is 1.27. The number of rotatable bonds is 5. The van der Waals surface area contributed by atoms with E-state index in [1.165, 1.54) is 11.3 Å². The van der Waals surface area contributed by atoms with Crippen LogP contribution in [0.4, 0.5) is 0 Å². The minimum atomic E-state index is 0.156. The van der Waals surface area contributed by atoms with Crippen LogP contribution in [0.5, 0.6) is 0 Å². The van der Waals surface area contributed by atoms with Crippen molar-refractivity contribution in [2.75, 3.05) is 0 Å².